The maximum Gasteiger partial charge on any atom is 0.305 e. The number of carbonyl (C=O) groups excluding carboxylic acids is 1. The standard InChI is InChI=1S/C13H11ClFN3O4S/c1-22-8-3-2-7(15)6(11(8)14)5-16-18-13-17-12(21)9(23-13)4-10(19)20/h2-3,5,9H,4H2,1H3,(H,19,20)(H,17,18,21). The lowest BCUT2D eigenvalue weighted by Gasteiger charge is -2.05. The minimum Gasteiger partial charge on any atom is -0.495 e. The highest BCUT2D eigenvalue weighted by Crippen LogP contribution is 2.29. The Balaban J connectivity index is 2.13. The molecule has 1 aliphatic heterocycles. The SMILES string of the molecule is COc1ccc(F)c(C=NN=C2NC(=O)C(CC(=O)O)S2)c1Cl. The van der Waals surface area contributed by atoms with Gasteiger partial charge in [0.1, 0.15) is 16.8 Å². The van der Waals surface area contributed by atoms with Gasteiger partial charge < -0.3 is 15.2 Å². The third kappa shape index (κ3) is 4.20. The lowest BCUT2D eigenvalue weighted by Crippen LogP contribution is -2.26. The molecule has 23 heavy (non-hydrogen) atoms. The molecule has 1 unspecified atom stereocenters. The molecule has 1 saturated heterocycles. The third-order valence-corrected chi connectivity index (χ3v) is 4.25. The largest absolute Gasteiger partial charge is 0.495 e. The van der Waals surface area contributed by atoms with Crippen molar-refractivity contribution in [3.63, 3.8) is 0 Å². The average molecular weight is 360 g/mol. The molecular formula is C13H11ClFN3O4S. The van der Waals surface area contributed by atoms with Gasteiger partial charge in [0.2, 0.25) is 5.91 Å². The van der Waals surface area contributed by atoms with Crippen molar-refractivity contribution < 1.29 is 23.8 Å². The first-order chi connectivity index (χ1) is 10.9. The first-order valence-electron chi connectivity index (χ1n) is 6.24. The number of carbonyl (C=O) groups is 2. The van der Waals surface area contributed by atoms with Crippen LogP contribution in [0, 0.1) is 5.82 Å². The fraction of sp³-hybridized carbons (Fsp3) is 0.231. The molecule has 1 amide bonds. The zero-order chi connectivity index (χ0) is 17.0. The lowest BCUT2D eigenvalue weighted by molar-refractivity contribution is -0.138. The number of nitrogens with zero attached hydrogens (tertiary/aromatic N) is 2. The number of hydrogen-bond donors (Lipinski definition) is 2. The van der Waals surface area contributed by atoms with E-state index in [2.05, 4.69) is 15.5 Å². The van der Waals surface area contributed by atoms with E-state index in [1.165, 1.54) is 19.2 Å². The predicted octanol–water partition coefficient (Wildman–Crippen LogP) is 1.88. The minimum atomic E-state index is -1.09. The Labute approximate surface area is 139 Å². The molecule has 0 aromatic heterocycles. The summed E-state index contributed by atoms with van der Waals surface area (Å²) >= 11 is 6.91. The molecule has 2 rings (SSSR count). The molecule has 1 aliphatic rings. The first-order valence-corrected chi connectivity index (χ1v) is 7.50. The van der Waals surface area contributed by atoms with Crippen molar-refractivity contribution >= 4 is 46.6 Å². The number of carboxylic acid groups (broad SMARTS) is 1. The summed E-state index contributed by atoms with van der Waals surface area (Å²) in [6.45, 7) is 0. The summed E-state index contributed by atoms with van der Waals surface area (Å²) in [6, 6.07) is 2.55. The monoisotopic (exact) mass is 359 g/mol. The highest BCUT2D eigenvalue weighted by atomic mass is 35.5. The van der Waals surface area contributed by atoms with Crippen LogP contribution in [0.4, 0.5) is 4.39 Å². The molecular weight excluding hydrogens is 349 g/mol. The van der Waals surface area contributed by atoms with Gasteiger partial charge in [-0.15, -0.1) is 5.10 Å². The number of ether oxygens (including phenoxy) is 1. The van der Waals surface area contributed by atoms with E-state index < -0.39 is 22.9 Å². The molecule has 0 radical (unpaired) electrons. The van der Waals surface area contributed by atoms with Crippen LogP contribution in [0.15, 0.2) is 22.3 Å². The third-order valence-electron chi connectivity index (χ3n) is 2.78. The van der Waals surface area contributed by atoms with E-state index in [9.17, 15) is 14.0 Å². The van der Waals surface area contributed by atoms with Gasteiger partial charge in [-0.1, -0.05) is 23.4 Å². The molecule has 0 saturated carbocycles. The van der Waals surface area contributed by atoms with E-state index in [1.54, 1.807) is 0 Å². The topological polar surface area (TPSA) is 100 Å². The summed E-state index contributed by atoms with van der Waals surface area (Å²) < 4.78 is 18.7. The van der Waals surface area contributed by atoms with Crippen molar-refractivity contribution in [2.24, 2.45) is 10.2 Å². The summed E-state index contributed by atoms with van der Waals surface area (Å²) in [7, 11) is 1.40. The fourth-order valence-electron chi connectivity index (χ4n) is 1.71. The summed E-state index contributed by atoms with van der Waals surface area (Å²) in [5.41, 5.74) is -0.00761. The number of thioether (sulfide) groups is 1. The maximum absolute atomic E-state index is 13.7. The van der Waals surface area contributed by atoms with Crippen LogP contribution >= 0.6 is 23.4 Å². The molecule has 1 aromatic rings. The van der Waals surface area contributed by atoms with Gasteiger partial charge in [0.15, 0.2) is 5.17 Å². The number of carboxylic acids is 1. The van der Waals surface area contributed by atoms with Crippen molar-refractivity contribution in [1.82, 2.24) is 5.32 Å². The molecule has 1 fully saturated rings. The number of amidine groups is 1. The number of benzene rings is 1. The van der Waals surface area contributed by atoms with Crippen LogP contribution in [-0.4, -0.2) is 40.7 Å². The van der Waals surface area contributed by atoms with Gasteiger partial charge in [-0.25, -0.2) is 4.39 Å². The molecule has 1 heterocycles. The zero-order valence-electron chi connectivity index (χ0n) is 11.7. The molecule has 0 bridgehead atoms. The second kappa shape index (κ2) is 7.42. The number of methoxy groups -OCH3 is 1. The average Bonchev–Trinajstić information content (AvgIpc) is 2.82. The van der Waals surface area contributed by atoms with Crippen molar-refractivity contribution in [3.05, 3.63) is 28.5 Å². The normalized spacial score (nSPS) is 19.3. The van der Waals surface area contributed by atoms with E-state index in [0.29, 0.717) is 0 Å². The van der Waals surface area contributed by atoms with Crippen LogP contribution in [0.25, 0.3) is 0 Å². The van der Waals surface area contributed by atoms with Crippen molar-refractivity contribution in [1.29, 1.82) is 0 Å². The van der Waals surface area contributed by atoms with Gasteiger partial charge >= 0.3 is 5.97 Å². The molecule has 0 aliphatic carbocycles. The molecule has 1 atom stereocenters. The Morgan fingerprint density at radius 1 is 1.61 bits per heavy atom. The smallest absolute Gasteiger partial charge is 0.305 e. The van der Waals surface area contributed by atoms with E-state index in [0.717, 1.165) is 18.0 Å². The Morgan fingerprint density at radius 2 is 2.35 bits per heavy atom. The first kappa shape index (κ1) is 17.2. The Hall–Kier alpha value is -2.13. The van der Waals surface area contributed by atoms with Crippen LogP contribution in [0.5, 0.6) is 5.75 Å². The van der Waals surface area contributed by atoms with Gasteiger partial charge in [-0.2, -0.15) is 5.10 Å². The molecule has 7 nitrogen and oxygen atoms in total. The Morgan fingerprint density at radius 3 is 3.00 bits per heavy atom. The van der Waals surface area contributed by atoms with E-state index >= 15 is 0 Å². The molecule has 2 N–H and O–H groups in total. The molecule has 0 spiro atoms. The van der Waals surface area contributed by atoms with Crippen LogP contribution in [0.2, 0.25) is 5.02 Å². The summed E-state index contributed by atoms with van der Waals surface area (Å²) in [4.78, 5) is 22.1. The van der Waals surface area contributed by atoms with Crippen molar-refractivity contribution in [3.8, 4) is 5.75 Å². The highest BCUT2D eigenvalue weighted by molar-refractivity contribution is 8.15. The van der Waals surface area contributed by atoms with Crippen LogP contribution in [-0.2, 0) is 9.59 Å². The quantitative estimate of drug-likeness (QED) is 0.617. The summed E-state index contributed by atoms with van der Waals surface area (Å²) in [5, 5.41) is 17.9. The van der Waals surface area contributed by atoms with Crippen LogP contribution in [0.1, 0.15) is 12.0 Å². The van der Waals surface area contributed by atoms with Gasteiger partial charge in [-0.3, -0.25) is 9.59 Å². The number of rotatable bonds is 5. The van der Waals surface area contributed by atoms with Crippen LogP contribution < -0.4 is 10.1 Å². The van der Waals surface area contributed by atoms with Crippen molar-refractivity contribution in [2.45, 2.75) is 11.7 Å². The minimum absolute atomic E-state index is 0.00761. The number of hydrogen-bond acceptors (Lipinski definition) is 6. The predicted molar refractivity (Wildman–Crippen MR) is 84.8 cm³/mol. The van der Waals surface area contributed by atoms with Crippen molar-refractivity contribution in [2.75, 3.05) is 7.11 Å². The number of amides is 1. The zero-order valence-corrected chi connectivity index (χ0v) is 13.3. The van der Waals surface area contributed by atoms with Gasteiger partial charge in [0, 0.05) is 0 Å². The second-order valence-electron chi connectivity index (χ2n) is 4.32. The number of aliphatic carboxylic acids is 1. The maximum atomic E-state index is 13.7. The van der Waals surface area contributed by atoms with E-state index in [1.807, 2.05) is 0 Å². The van der Waals surface area contributed by atoms with Gasteiger partial charge in [-0.05, 0) is 12.1 Å². The summed E-state index contributed by atoms with van der Waals surface area (Å²) in [6.07, 6.45) is 0.764. The van der Waals surface area contributed by atoms with Gasteiger partial charge in [0.25, 0.3) is 0 Å². The van der Waals surface area contributed by atoms with Gasteiger partial charge in [0.05, 0.1) is 30.3 Å². The fourth-order valence-corrected chi connectivity index (χ4v) is 2.90. The van der Waals surface area contributed by atoms with Crippen LogP contribution in [0.3, 0.4) is 0 Å². The van der Waals surface area contributed by atoms with E-state index in [-0.39, 0.29) is 27.9 Å². The highest BCUT2D eigenvalue weighted by Gasteiger charge is 2.32. The second-order valence-corrected chi connectivity index (χ2v) is 5.89. The number of nitrogens with one attached hydrogen (secondary N) is 1. The molecule has 1 aromatic carbocycles. The lowest BCUT2D eigenvalue weighted by atomic mass is 10.2. The Kier molecular flexibility index (Phi) is 5.56. The Bertz CT molecular complexity index is 711. The summed E-state index contributed by atoms with van der Waals surface area (Å²) in [5.74, 6) is -1.87. The number of halogens is 2. The molecule has 10 heteroatoms. The van der Waals surface area contributed by atoms with E-state index in [4.69, 9.17) is 21.4 Å². The molecule has 122 valence electrons.